The van der Waals surface area contributed by atoms with Crippen molar-refractivity contribution in [3.63, 3.8) is 0 Å². The Morgan fingerprint density at radius 1 is 1.00 bits per heavy atom. The summed E-state index contributed by atoms with van der Waals surface area (Å²) >= 11 is 0. The third kappa shape index (κ3) is 4.00. The molecule has 0 fully saturated rings. The van der Waals surface area contributed by atoms with Crippen LogP contribution in [0.15, 0.2) is 54.7 Å². The number of pyridine rings is 1. The largest absolute Gasteiger partial charge is 0.495 e. The predicted octanol–water partition coefficient (Wildman–Crippen LogP) is 4.50. The summed E-state index contributed by atoms with van der Waals surface area (Å²) in [7, 11) is 1.53. The molecule has 138 valence electrons. The maximum Gasteiger partial charge on any atom is 0.274 e. The summed E-state index contributed by atoms with van der Waals surface area (Å²) in [5.41, 5.74) is 0.678. The fraction of sp³-hybridized carbons (Fsp3) is 0.0526. The molecule has 0 saturated carbocycles. The highest BCUT2D eigenvalue weighted by molar-refractivity contribution is 6.03. The molecule has 2 aromatic carbocycles. The molecule has 3 rings (SSSR count). The molecular weight excluding hydrogens is 359 g/mol. The maximum atomic E-state index is 13.7. The number of amides is 1. The van der Waals surface area contributed by atoms with Crippen LogP contribution in [0.4, 0.5) is 30.2 Å². The van der Waals surface area contributed by atoms with Crippen LogP contribution in [-0.4, -0.2) is 18.0 Å². The number of ether oxygens (including phenoxy) is 1. The van der Waals surface area contributed by atoms with Gasteiger partial charge in [-0.25, -0.2) is 13.2 Å². The summed E-state index contributed by atoms with van der Waals surface area (Å²) in [5.74, 6) is -4.65. The first-order valence-corrected chi connectivity index (χ1v) is 7.80. The third-order valence-electron chi connectivity index (χ3n) is 3.66. The van der Waals surface area contributed by atoms with E-state index in [-0.39, 0.29) is 5.69 Å². The molecule has 0 spiro atoms. The van der Waals surface area contributed by atoms with E-state index >= 15 is 0 Å². The zero-order valence-corrected chi connectivity index (χ0v) is 14.1. The Hall–Kier alpha value is -3.55. The van der Waals surface area contributed by atoms with E-state index in [1.165, 1.54) is 19.4 Å². The normalized spacial score (nSPS) is 10.4. The van der Waals surface area contributed by atoms with Gasteiger partial charge in [0.1, 0.15) is 11.4 Å². The van der Waals surface area contributed by atoms with Gasteiger partial charge in [-0.1, -0.05) is 12.1 Å². The van der Waals surface area contributed by atoms with E-state index in [0.29, 0.717) is 17.1 Å². The maximum absolute atomic E-state index is 13.7. The summed E-state index contributed by atoms with van der Waals surface area (Å²) < 4.78 is 45.2. The number of para-hydroxylation sites is 2. The van der Waals surface area contributed by atoms with E-state index in [4.69, 9.17) is 4.74 Å². The Kier molecular flexibility index (Phi) is 5.25. The Balaban J connectivity index is 1.81. The van der Waals surface area contributed by atoms with Crippen molar-refractivity contribution >= 4 is 23.0 Å². The molecule has 0 radical (unpaired) electrons. The van der Waals surface area contributed by atoms with Gasteiger partial charge in [0.15, 0.2) is 17.5 Å². The van der Waals surface area contributed by atoms with Gasteiger partial charge >= 0.3 is 0 Å². The summed E-state index contributed by atoms with van der Waals surface area (Å²) in [6.07, 6.45) is 1.38. The molecule has 0 aliphatic heterocycles. The highest BCUT2D eigenvalue weighted by Gasteiger charge is 2.17. The number of nitrogens with zero attached hydrogens (tertiary/aromatic N) is 1. The topological polar surface area (TPSA) is 63.2 Å². The smallest absolute Gasteiger partial charge is 0.274 e. The van der Waals surface area contributed by atoms with E-state index in [0.717, 1.165) is 12.1 Å². The predicted molar refractivity (Wildman–Crippen MR) is 94.8 cm³/mol. The van der Waals surface area contributed by atoms with Gasteiger partial charge in [0, 0.05) is 11.9 Å². The number of anilines is 3. The Bertz CT molecular complexity index is 996. The molecule has 2 N–H and O–H groups in total. The molecule has 0 saturated heterocycles. The summed E-state index contributed by atoms with van der Waals surface area (Å²) in [5, 5.41) is 5.25. The first kappa shape index (κ1) is 18.2. The van der Waals surface area contributed by atoms with Crippen LogP contribution in [0.25, 0.3) is 0 Å². The van der Waals surface area contributed by atoms with Crippen LogP contribution in [0.3, 0.4) is 0 Å². The van der Waals surface area contributed by atoms with Crippen molar-refractivity contribution < 1.29 is 22.7 Å². The van der Waals surface area contributed by atoms with Crippen LogP contribution < -0.4 is 15.4 Å². The zero-order valence-electron chi connectivity index (χ0n) is 14.1. The number of rotatable bonds is 5. The number of carbonyl (C=O) groups is 1. The lowest BCUT2D eigenvalue weighted by molar-refractivity contribution is 0.102. The first-order valence-electron chi connectivity index (χ1n) is 7.80. The molecule has 0 bridgehead atoms. The molecular formula is C19H14F3N3O2. The minimum Gasteiger partial charge on any atom is -0.495 e. The molecule has 0 unspecified atom stereocenters. The Labute approximate surface area is 152 Å². The molecule has 0 aliphatic rings. The van der Waals surface area contributed by atoms with Crippen molar-refractivity contribution in [3.8, 4) is 5.75 Å². The third-order valence-corrected chi connectivity index (χ3v) is 3.66. The SMILES string of the molecule is COc1ccccc1Nc1ccnc(C(=O)Nc2ccc(F)c(F)c2F)c1. The van der Waals surface area contributed by atoms with Crippen LogP contribution in [0.2, 0.25) is 0 Å². The van der Waals surface area contributed by atoms with Crippen molar-refractivity contribution in [3.05, 3.63) is 77.9 Å². The highest BCUT2D eigenvalue weighted by atomic mass is 19.2. The molecule has 1 heterocycles. The van der Waals surface area contributed by atoms with Crippen molar-refractivity contribution in [2.75, 3.05) is 17.7 Å². The number of halogens is 3. The standard InChI is InChI=1S/C19H14F3N3O2/c1-27-16-5-3-2-4-13(16)24-11-8-9-23-15(10-11)19(26)25-14-7-6-12(20)17(21)18(14)22/h2-10H,1H3,(H,23,24)(H,25,26). The number of carbonyl (C=O) groups excluding carboxylic acids is 1. The van der Waals surface area contributed by atoms with Crippen LogP contribution in [0, 0.1) is 17.5 Å². The number of methoxy groups -OCH3 is 1. The second kappa shape index (κ2) is 7.77. The van der Waals surface area contributed by atoms with Gasteiger partial charge in [-0.3, -0.25) is 9.78 Å². The second-order valence-electron chi connectivity index (χ2n) is 5.43. The summed E-state index contributed by atoms with van der Waals surface area (Å²) in [6, 6.07) is 11.9. The zero-order chi connectivity index (χ0) is 19.4. The van der Waals surface area contributed by atoms with Crippen LogP contribution in [-0.2, 0) is 0 Å². The average Bonchev–Trinajstić information content (AvgIpc) is 2.69. The number of benzene rings is 2. The molecule has 1 aromatic heterocycles. The van der Waals surface area contributed by atoms with Crippen molar-refractivity contribution in [2.24, 2.45) is 0 Å². The molecule has 0 aliphatic carbocycles. The number of hydrogen-bond acceptors (Lipinski definition) is 4. The van der Waals surface area contributed by atoms with Crippen LogP contribution in [0.5, 0.6) is 5.75 Å². The first-order chi connectivity index (χ1) is 13.0. The van der Waals surface area contributed by atoms with E-state index < -0.39 is 29.0 Å². The highest BCUT2D eigenvalue weighted by Crippen LogP contribution is 2.27. The average molecular weight is 373 g/mol. The fourth-order valence-electron chi connectivity index (χ4n) is 2.34. The molecule has 5 nitrogen and oxygen atoms in total. The lowest BCUT2D eigenvalue weighted by atomic mass is 10.2. The van der Waals surface area contributed by atoms with Gasteiger partial charge in [0.05, 0.1) is 18.5 Å². The second-order valence-corrected chi connectivity index (χ2v) is 5.43. The van der Waals surface area contributed by atoms with Gasteiger partial charge in [0.2, 0.25) is 0 Å². The number of hydrogen-bond donors (Lipinski definition) is 2. The summed E-state index contributed by atoms with van der Waals surface area (Å²) in [4.78, 5) is 16.2. The summed E-state index contributed by atoms with van der Waals surface area (Å²) in [6.45, 7) is 0. The van der Waals surface area contributed by atoms with Gasteiger partial charge in [0.25, 0.3) is 5.91 Å². The lowest BCUT2D eigenvalue weighted by Gasteiger charge is -2.12. The van der Waals surface area contributed by atoms with E-state index in [9.17, 15) is 18.0 Å². The number of nitrogens with one attached hydrogen (secondary N) is 2. The monoisotopic (exact) mass is 373 g/mol. The van der Waals surface area contributed by atoms with Gasteiger partial charge < -0.3 is 15.4 Å². The van der Waals surface area contributed by atoms with Crippen LogP contribution in [0.1, 0.15) is 10.5 Å². The minimum atomic E-state index is -1.66. The van der Waals surface area contributed by atoms with Gasteiger partial charge in [-0.15, -0.1) is 0 Å². The Morgan fingerprint density at radius 2 is 1.78 bits per heavy atom. The van der Waals surface area contributed by atoms with Crippen molar-refractivity contribution in [1.29, 1.82) is 0 Å². The molecule has 1 amide bonds. The number of aromatic nitrogens is 1. The molecule has 27 heavy (non-hydrogen) atoms. The molecule has 0 atom stereocenters. The minimum absolute atomic E-state index is 0.0426. The van der Waals surface area contributed by atoms with Crippen molar-refractivity contribution in [1.82, 2.24) is 4.98 Å². The molecule has 3 aromatic rings. The van der Waals surface area contributed by atoms with Crippen molar-refractivity contribution in [2.45, 2.75) is 0 Å². The fourth-order valence-corrected chi connectivity index (χ4v) is 2.34. The van der Waals surface area contributed by atoms with Gasteiger partial charge in [-0.05, 0) is 36.4 Å². The van der Waals surface area contributed by atoms with E-state index in [2.05, 4.69) is 15.6 Å². The molecule has 8 heteroatoms. The van der Waals surface area contributed by atoms with Crippen LogP contribution >= 0.6 is 0 Å². The quantitative estimate of drug-likeness (QED) is 0.647. The van der Waals surface area contributed by atoms with E-state index in [1.807, 2.05) is 12.1 Å². The Morgan fingerprint density at radius 3 is 2.56 bits per heavy atom. The van der Waals surface area contributed by atoms with Gasteiger partial charge in [-0.2, -0.15) is 0 Å². The lowest BCUT2D eigenvalue weighted by Crippen LogP contribution is -2.15. The van der Waals surface area contributed by atoms with E-state index in [1.54, 1.807) is 18.2 Å².